The van der Waals surface area contributed by atoms with Crippen LogP contribution in [0.1, 0.15) is 12.5 Å². The second-order valence-corrected chi connectivity index (χ2v) is 5.99. The maximum absolute atomic E-state index is 13.3. The van der Waals surface area contributed by atoms with Crippen molar-refractivity contribution in [3.63, 3.8) is 0 Å². The number of pyridine rings is 1. The highest BCUT2D eigenvalue weighted by Crippen LogP contribution is 2.24. The van der Waals surface area contributed by atoms with Gasteiger partial charge in [-0.15, -0.1) is 0 Å². The summed E-state index contributed by atoms with van der Waals surface area (Å²) >= 11 is 0. The highest BCUT2D eigenvalue weighted by atomic mass is 19.1. The third-order valence-electron chi connectivity index (χ3n) is 3.75. The standard InChI is InChI=1S/C19H20FN5O/c1-12-9-14(20)6-7-15(12)23-18-10-17(16-5-3-4-8-21-16)24-19(25-18)22-13(2)11-26/h3-10,13,26H,11H2,1-2H3,(H2,22,23,24,25)/t13-/m0/s1. The van der Waals surface area contributed by atoms with E-state index in [-0.39, 0.29) is 18.5 Å². The molecule has 2 heterocycles. The lowest BCUT2D eigenvalue weighted by molar-refractivity contribution is 0.281. The van der Waals surface area contributed by atoms with Crippen LogP contribution < -0.4 is 10.6 Å². The molecule has 26 heavy (non-hydrogen) atoms. The van der Waals surface area contributed by atoms with Crippen LogP contribution >= 0.6 is 0 Å². The van der Waals surface area contributed by atoms with Crippen LogP contribution in [-0.4, -0.2) is 32.7 Å². The lowest BCUT2D eigenvalue weighted by atomic mass is 10.2. The Hall–Kier alpha value is -3.06. The highest BCUT2D eigenvalue weighted by Gasteiger charge is 2.11. The molecule has 6 nitrogen and oxygen atoms in total. The molecule has 0 spiro atoms. The summed E-state index contributed by atoms with van der Waals surface area (Å²) in [5.41, 5.74) is 2.85. The fraction of sp³-hybridized carbons (Fsp3) is 0.211. The number of aryl methyl sites for hydroxylation is 1. The predicted octanol–water partition coefficient (Wildman–Crippen LogP) is 3.52. The second-order valence-electron chi connectivity index (χ2n) is 5.99. The van der Waals surface area contributed by atoms with Crippen LogP contribution in [0.2, 0.25) is 0 Å². The quantitative estimate of drug-likeness (QED) is 0.629. The van der Waals surface area contributed by atoms with Crippen molar-refractivity contribution in [2.45, 2.75) is 19.9 Å². The van der Waals surface area contributed by atoms with Crippen molar-refractivity contribution in [3.05, 3.63) is 60.0 Å². The zero-order valence-corrected chi connectivity index (χ0v) is 14.6. The smallest absolute Gasteiger partial charge is 0.225 e. The van der Waals surface area contributed by atoms with Gasteiger partial charge in [-0.3, -0.25) is 4.98 Å². The Labute approximate surface area is 151 Å². The van der Waals surface area contributed by atoms with Crippen molar-refractivity contribution in [2.24, 2.45) is 0 Å². The first-order valence-corrected chi connectivity index (χ1v) is 8.26. The summed E-state index contributed by atoms with van der Waals surface area (Å²) in [4.78, 5) is 13.2. The van der Waals surface area contributed by atoms with E-state index < -0.39 is 0 Å². The summed E-state index contributed by atoms with van der Waals surface area (Å²) in [6.07, 6.45) is 1.69. The third kappa shape index (κ3) is 4.31. The lowest BCUT2D eigenvalue weighted by Crippen LogP contribution is -2.21. The SMILES string of the molecule is Cc1cc(F)ccc1Nc1cc(-c2ccccn2)nc(N[C@@H](C)CO)n1. The predicted molar refractivity (Wildman–Crippen MR) is 99.9 cm³/mol. The van der Waals surface area contributed by atoms with Crippen molar-refractivity contribution in [1.82, 2.24) is 15.0 Å². The molecular formula is C19H20FN5O. The normalized spacial score (nSPS) is 11.8. The second kappa shape index (κ2) is 7.88. The van der Waals surface area contributed by atoms with Crippen molar-refractivity contribution in [1.29, 1.82) is 0 Å². The number of halogens is 1. The zero-order chi connectivity index (χ0) is 18.5. The summed E-state index contributed by atoms with van der Waals surface area (Å²) in [6.45, 7) is 3.60. The van der Waals surface area contributed by atoms with Gasteiger partial charge in [-0.2, -0.15) is 4.98 Å². The number of hydrogen-bond donors (Lipinski definition) is 3. The zero-order valence-electron chi connectivity index (χ0n) is 14.6. The molecule has 0 amide bonds. The Morgan fingerprint density at radius 2 is 1.96 bits per heavy atom. The molecule has 3 rings (SSSR count). The summed E-state index contributed by atoms with van der Waals surface area (Å²) in [7, 11) is 0. The number of benzene rings is 1. The lowest BCUT2D eigenvalue weighted by Gasteiger charge is -2.15. The van der Waals surface area contributed by atoms with Gasteiger partial charge >= 0.3 is 0 Å². The number of nitrogens with zero attached hydrogens (tertiary/aromatic N) is 3. The first kappa shape index (κ1) is 17.8. The summed E-state index contributed by atoms with van der Waals surface area (Å²) in [5.74, 6) is 0.629. The van der Waals surface area contributed by atoms with Gasteiger partial charge < -0.3 is 15.7 Å². The molecule has 0 saturated carbocycles. The molecule has 7 heteroatoms. The van der Waals surface area contributed by atoms with Crippen LogP contribution in [0, 0.1) is 12.7 Å². The van der Waals surface area contributed by atoms with Gasteiger partial charge in [0.15, 0.2) is 0 Å². The van der Waals surface area contributed by atoms with E-state index in [0.29, 0.717) is 23.2 Å². The summed E-state index contributed by atoms with van der Waals surface area (Å²) in [6, 6.07) is 11.7. The number of anilines is 3. The monoisotopic (exact) mass is 353 g/mol. The molecule has 134 valence electrons. The molecule has 1 aromatic carbocycles. The molecule has 0 aliphatic rings. The van der Waals surface area contributed by atoms with Gasteiger partial charge in [0.2, 0.25) is 5.95 Å². The van der Waals surface area contributed by atoms with Crippen LogP contribution in [0.4, 0.5) is 21.8 Å². The van der Waals surface area contributed by atoms with Crippen molar-refractivity contribution >= 4 is 17.5 Å². The maximum atomic E-state index is 13.3. The van der Waals surface area contributed by atoms with Crippen LogP contribution in [0.5, 0.6) is 0 Å². The average Bonchev–Trinajstić information content (AvgIpc) is 2.64. The average molecular weight is 353 g/mol. The molecule has 0 radical (unpaired) electrons. The maximum Gasteiger partial charge on any atom is 0.225 e. The number of aliphatic hydroxyl groups is 1. The van der Waals surface area contributed by atoms with E-state index in [1.807, 2.05) is 32.0 Å². The molecule has 3 aromatic rings. The largest absolute Gasteiger partial charge is 0.394 e. The number of aliphatic hydroxyl groups excluding tert-OH is 1. The Balaban J connectivity index is 1.98. The molecule has 0 saturated heterocycles. The van der Waals surface area contributed by atoms with Crippen LogP contribution in [0.25, 0.3) is 11.4 Å². The van der Waals surface area contributed by atoms with Gasteiger partial charge in [-0.25, -0.2) is 9.37 Å². The molecule has 0 bridgehead atoms. The molecule has 3 N–H and O–H groups in total. The topological polar surface area (TPSA) is 83.0 Å². The molecule has 2 aromatic heterocycles. The Bertz CT molecular complexity index is 888. The van der Waals surface area contributed by atoms with Crippen molar-refractivity contribution < 1.29 is 9.50 Å². The minimum atomic E-state index is -0.288. The van der Waals surface area contributed by atoms with Gasteiger partial charge in [0.05, 0.1) is 18.0 Å². The third-order valence-corrected chi connectivity index (χ3v) is 3.75. The minimum Gasteiger partial charge on any atom is -0.394 e. The van der Waals surface area contributed by atoms with Gasteiger partial charge in [0.25, 0.3) is 0 Å². The van der Waals surface area contributed by atoms with E-state index in [1.165, 1.54) is 12.1 Å². The molecule has 0 aliphatic heterocycles. The van der Waals surface area contributed by atoms with Crippen LogP contribution in [-0.2, 0) is 0 Å². The Morgan fingerprint density at radius 1 is 1.12 bits per heavy atom. The molecule has 0 aliphatic carbocycles. The van der Waals surface area contributed by atoms with Crippen molar-refractivity contribution in [2.75, 3.05) is 17.2 Å². The highest BCUT2D eigenvalue weighted by molar-refractivity contribution is 5.66. The molecular weight excluding hydrogens is 333 g/mol. The van der Waals surface area contributed by atoms with E-state index in [1.54, 1.807) is 18.3 Å². The first-order chi connectivity index (χ1) is 12.5. The van der Waals surface area contributed by atoms with Crippen molar-refractivity contribution in [3.8, 4) is 11.4 Å². The summed E-state index contributed by atoms with van der Waals surface area (Å²) in [5, 5.41) is 15.5. The Morgan fingerprint density at radius 3 is 2.65 bits per heavy atom. The molecule has 1 atom stereocenters. The number of nitrogens with one attached hydrogen (secondary N) is 2. The first-order valence-electron chi connectivity index (χ1n) is 8.26. The van der Waals surface area contributed by atoms with E-state index in [4.69, 9.17) is 0 Å². The van der Waals surface area contributed by atoms with E-state index in [9.17, 15) is 9.50 Å². The van der Waals surface area contributed by atoms with Gasteiger partial charge in [-0.05, 0) is 49.7 Å². The van der Waals surface area contributed by atoms with Gasteiger partial charge in [0, 0.05) is 24.0 Å². The molecule has 0 fully saturated rings. The van der Waals surface area contributed by atoms with E-state index in [2.05, 4.69) is 25.6 Å². The molecule has 0 unspecified atom stereocenters. The van der Waals surface area contributed by atoms with Crippen LogP contribution in [0.15, 0.2) is 48.7 Å². The van der Waals surface area contributed by atoms with E-state index >= 15 is 0 Å². The number of aromatic nitrogens is 3. The Kier molecular flexibility index (Phi) is 5.38. The minimum absolute atomic E-state index is 0.0446. The fourth-order valence-corrected chi connectivity index (χ4v) is 2.39. The fourth-order valence-electron chi connectivity index (χ4n) is 2.39. The van der Waals surface area contributed by atoms with Gasteiger partial charge in [0.1, 0.15) is 11.6 Å². The van der Waals surface area contributed by atoms with Crippen LogP contribution in [0.3, 0.4) is 0 Å². The van der Waals surface area contributed by atoms with E-state index in [0.717, 1.165) is 11.3 Å². The van der Waals surface area contributed by atoms with Gasteiger partial charge in [-0.1, -0.05) is 6.07 Å². The number of rotatable bonds is 6. The number of hydrogen-bond acceptors (Lipinski definition) is 6. The summed E-state index contributed by atoms with van der Waals surface area (Å²) < 4.78 is 13.3.